The highest BCUT2D eigenvalue weighted by Gasteiger charge is 2.55. The van der Waals surface area contributed by atoms with E-state index in [2.05, 4.69) is 41.1 Å². The SMILES string of the molecule is CCc1ccc2c(c1)[C@]1(Nc3ccccc3-c3nc4ccccc4n31)C(=O)N2C. The summed E-state index contributed by atoms with van der Waals surface area (Å²) in [4.78, 5) is 20.6. The van der Waals surface area contributed by atoms with Gasteiger partial charge in [0.2, 0.25) is 5.66 Å². The Morgan fingerprint density at radius 3 is 2.69 bits per heavy atom. The third-order valence-electron chi connectivity index (χ3n) is 6.21. The van der Waals surface area contributed by atoms with Crippen molar-refractivity contribution in [2.75, 3.05) is 17.3 Å². The fraction of sp³-hybridized carbons (Fsp3) is 0.167. The number of anilines is 2. The molecule has 0 saturated heterocycles. The van der Waals surface area contributed by atoms with E-state index in [4.69, 9.17) is 4.98 Å². The molecule has 6 rings (SSSR count). The van der Waals surface area contributed by atoms with Crippen LogP contribution in [0.15, 0.2) is 66.7 Å². The number of fused-ring (bicyclic) bond motifs is 8. The van der Waals surface area contributed by atoms with Gasteiger partial charge in [-0.3, -0.25) is 9.36 Å². The second-order valence-electron chi connectivity index (χ2n) is 7.71. The first kappa shape index (κ1) is 16.4. The standard InChI is InChI=1S/C24H20N4O/c1-3-15-12-13-20-17(14-15)24(23(29)27(20)2)26-18-9-5-4-8-16(18)22-25-19-10-6-7-11-21(19)28(22)24/h4-14,26H,3H2,1-2H3/t24-/m1/s1. The van der Waals surface area contributed by atoms with E-state index in [1.165, 1.54) is 5.56 Å². The number of benzene rings is 3. The number of hydrogen-bond acceptors (Lipinski definition) is 3. The summed E-state index contributed by atoms with van der Waals surface area (Å²) in [5, 5.41) is 3.63. The van der Waals surface area contributed by atoms with Crippen LogP contribution in [0, 0.1) is 0 Å². The fourth-order valence-electron chi connectivity index (χ4n) is 4.77. The molecule has 1 amide bonds. The normalized spacial score (nSPS) is 19.2. The number of aryl methyl sites for hydroxylation is 1. The average molecular weight is 380 g/mol. The lowest BCUT2D eigenvalue weighted by Crippen LogP contribution is -2.52. The molecule has 2 aliphatic rings. The lowest BCUT2D eigenvalue weighted by molar-refractivity contribution is -0.122. The van der Waals surface area contributed by atoms with Crippen molar-refractivity contribution in [3.05, 3.63) is 77.9 Å². The second-order valence-corrected chi connectivity index (χ2v) is 7.71. The van der Waals surface area contributed by atoms with Crippen molar-refractivity contribution in [3.63, 3.8) is 0 Å². The van der Waals surface area contributed by atoms with Crippen molar-refractivity contribution >= 4 is 28.3 Å². The highest BCUT2D eigenvalue weighted by molar-refractivity contribution is 6.11. The number of amides is 1. The molecule has 142 valence electrons. The minimum atomic E-state index is -1.05. The van der Waals surface area contributed by atoms with E-state index in [1.54, 1.807) is 4.90 Å². The number of para-hydroxylation sites is 3. The first-order valence-corrected chi connectivity index (χ1v) is 9.92. The summed E-state index contributed by atoms with van der Waals surface area (Å²) in [5.74, 6) is 0.816. The van der Waals surface area contributed by atoms with Crippen LogP contribution in [0.3, 0.4) is 0 Å². The molecule has 0 unspecified atom stereocenters. The van der Waals surface area contributed by atoms with E-state index >= 15 is 0 Å². The van der Waals surface area contributed by atoms with Crippen LogP contribution in [0.25, 0.3) is 22.4 Å². The van der Waals surface area contributed by atoms with Gasteiger partial charge in [-0.25, -0.2) is 4.98 Å². The largest absolute Gasteiger partial charge is 0.350 e. The third-order valence-corrected chi connectivity index (χ3v) is 6.21. The van der Waals surface area contributed by atoms with Gasteiger partial charge < -0.3 is 10.2 Å². The van der Waals surface area contributed by atoms with Crippen LogP contribution in [0.1, 0.15) is 18.1 Å². The minimum absolute atomic E-state index is 0.000316. The molecule has 2 aliphatic heterocycles. The van der Waals surface area contributed by atoms with Crippen LogP contribution >= 0.6 is 0 Å². The number of imidazole rings is 1. The molecular weight excluding hydrogens is 360 g/mol. The van der Waals surface area contributed by atoms with E-state index in [1.807, 2.05) is 49.5 Å². The van der Waals surface area contributed by atoms with Gasteiger partial charge in [0.25, 0.3) is 5.91 Å². The van der Waals surface area contributed by atoms with Crippen molar-refractivity contribution < 1.29 is 4.79 Å². The summed E-state index contributed by atoms with van der Waals surface area (Å²) in [7, 11) is 1.85. The van der Waals surface area contributed by atoms with E-state index in [9.17, 15) is 4.79 Å². The Labute approximate surface area is 168 Å². The Morgan fingerprint density at radius 2 is 1.83 bits per heavy atom. The molecule has 29 heavy (non-hydrogen) atoms. The third kappa shape index (κ3) is 1.89. The number of likely N-dealkylation sites (N-methyl/N-ethyl adjacent to an activating group) is 1. The van der Waals surface area contributed by atoms with E-state index < -0.39 is 5.66 Å². The molecule has 4 aromatic rings. The highest BCUT2D eigenvalue weighted by atomic mass is 16.2. The summed E-state index contributed by atoms with van der Waals surface area (Å²) in [6, 6.07) is 22.4. The molecule has 0 aliphatic carbocycles. The maximum atomic E-state index is 13.9. The fourth-order valence-corrected chi connectivity index (χ4v) is 4.77. The van der Waals surface area contributed by atoms with Gasteiger partial charge in [-0.2, -0.15) is 0 Å². The highest BCUT2D eigenvalue weighted by Crippen LogP contribution is 2.50. The molecule has 1 spiro atoms. The molecule has 3 heterocycles. The zero-order valence-electron chi connectivity index (χ0n) is 16.3. The van der Waals surface area contributed by atoms with Gasteiger partial charge in [0, 0.05) is 23.9 Å². The van der Waals surface area contributed by atoms with Crippen LogP contribution < -0.4 is 10.2 Å². The topological polar surface area (TPSA) is 50.2 Å². The zero-order chi connectivity index (χ0) is 19.8. The van der Waals surface area contributed by atoms with Crippen LogP contribution in [0.2, 0.25) is 0 Å². The summed E-state index contributed by atoms with van der Waals surface area (Å²) >= 11 is 0. The van der Waals surface area contributed by atoms with Crippen molar-refractivity contribution in [3.8, 4) is 11.4 Å². The Bertz CT molecular complexity index is 1320. The Morgan fingerprint density at radius 1 is 1.03 bits per heavy atom. The molecule has 0 radical (unpaired) electrons. The quantitative estimate of drug-likeness (QED) is 0.534. The molecule has 5 heteroatoms. The van der Waals surface area contributed by atoms with Gasteiger partial charge in [-0.05, 0) is 48.4 Å². The number of rotatable bonds is 1. The van der Waals surface area contributed by atoms with Crippen molar-refractivity contribution in [1.82, 2.24) is 9.55 Å². The number of nitrogens with one attached hydrogen (secondary N) is 1. The first-order chi connectivity index (χ1) is 14.1. The van der Waals surface area contributed by atoms with E-state index in [0.29, 0.717) is 0 Å². The molecule has 0 saturated carbocycles. The van der Waals surface area contributed by atoms with Gasteiger partial charge in [-0.15, -0.1) is 0 Å². The number of aromatic nitrogens is 2. The second kappa shape index (κ2) is 5.47. The number of carbonyl (C=O) groups is 1. The molecule has 1 aromatic heterocycles. The van der Waals surface area contributed by atoms with Gasteiger partial charge >= 0.3 is 0 Å². The van der Waals surface area contributed by atoms with Crippen LogP contribution in [-0.2, 0) is 16.9 Å². The maximum Gasteiger partial charge on any atom is 0.278 e. The first-order valence-electron chi connectivity index (χ1n) is 9.92. The number of hydrogen-bond donors (Lipinski definition) is 1. The lowest BCUT2D eigenvalue weighted by Gasteiger charge is -2.38. The molecule has 1 atom stereocenters. The molecule has 3 aromatic carbocycles. The zero-order valence-corrected chi connectivity index (χ0v) is 16.3. The Balaban J connectivity index is 1.78. The predicted octanol–water partition coefficient (Wildman–Crippen LogP) is 4.37. The van der Waals surface area contributed by atoms with E-state index in [-0.39, 0.29) is 5.91 Å². The smallest absolute Gasteiger partial charge is 0.278 e. The molecular formula is C24H20N4O. The van der Waals surface area contributed by atoms with Crippen LogP contribution in [-0.4, -0.2) is 22.5 Å². The summed E-state index contributed by atoms with van der Waals surface area (Å²) in [5.41, 5.74) is 5.83. The summed E-state index contributed by atoms with van der Waals surface area (Å²) < 4.78 is 2.09. The summed E-state index contributed by atoms with van der Waals surface area (Å²) in [6.07, 6.45) is 0.912. The van der Waals surface area contributed by atoms with Gasteiger partial charge in [0.1, 0.15) is 5.82 Å². The minimum Gasteiger partial charge on any atom is -0.350 e. The van der Waals surface area contributed by atoms with Gasteiger partial charge in [0.15, 0.2) is 0 Å². The monoisotopic (exact) mass is 380 g/mol. The van der Waals surface area contributed by atoms with Crippen molar-refractivity contribution in [2.45, 2.75) is 19.0 Å². The Kier molecular flexibility index (Phi) is 3.09. The average Bonchev–Trinajstić information content (AvgIpc) is 3.25. The summed E-state index contributed by atoms with van der Waals surface area (Å²) in [6.45, 7) is 2.14. The van der Waals surface area contributed by atoms with Gasteiger partial charge in [-0.1, -0.05) is 37.3 Å². The molecule has 5 nitrogen and oxygen atoms in total. The maximum absolute atomic E-state index is 13.9. The lowest BCUT2D eigenvalue weighted by atomic mass is 9.93. The number of nitrogens with zero attached hydrogens (tertiary/aromatic N) is 3. The van der Waals surface area contributed by atoms with Gasteiger partial charge in [0.05, 0.1) is 16.7 Å². The predicted molar refractivity (Wildman–Crippen MR) is 115 cm³/mol. The van der Waals surface area contributed by atoms with E-state index in [0.717, 1.165) is 45.8 Å². The Hall–Kier alpha value is -3.60. The molecule has 1 N–H and O–H groups in total. The van der Waals surface area contributed by atoms with Crippen LogP contribution in [0.5, 0.6) is 0 Å². The van der Waals surface area contributed by atoms with Crippen molar-refractivity contribution in [2.24, 2.45) is 0 Å². The van der Waals surface area contributed by atoms with Crippen LogP contribution in [0.4, 0.5) is 11.4 Å². The van der Waals surface area contributed by atoms with Crippen molar-refractivity contribution in [1.29, 1.82) is 0 Å². The molecule has 0 bridgehead atoms. The number of carbonyl (C=O) groups excluding carboxylic acids is 1. The molecule has 0 fully saturated rings.